The molecule has 1 aliphatic heterocycles. The number of ether oxygens (including phenoxy) is 1. The number of carbonyl (C=O) groups excluding carboxylic acids is 2. The van der Waals surface area contributed by atoms with Crippen LogP contribution >= 0.6 is 0 Å². The number of fused-ring (bicyclic) bond motifs is 1. The van der Waals surface area contributed by atoms with E-state index in [1.165, 1.54) is 31.4 Å². The molecule has 0 aromatic heterocycles. The fourth-order valence-corrected chi connectivity index (χ4v) is 4.83. The number of benzene rings is 3. The van der Waals surface area contributed by atoms with Crippen LogP contribution in [0.25, 0.3) is 0 Å². The van der Waals surface area contributed by atoms with Crippen molar-refractivity contribution >= 4 is 33.2 Å². The number of hydrogen-bond donors (Lipinski definition) is 2. The second-order valence-electron chi connectivity index (χ2n) is 7.79. The Bertz CT molecular complexity index is 1310. The first kappa shape index (κ1) is 23.6. The fraction of sp³-hybridized carbons (Fsp3) is 0.200. The Morgan fingerprint density at radius 2 is 1.74 bits per heavy atom. The summed E-state index contributed by atoms with van der Waals surface area (Å²) >= 11 is 0. The lowest BCUT2D eigenvalue weighted by atomic mass is 10.1. The Morgan fingerprint density at radius 1 is 0.971 bits per heavy atom. The fourth-order valence-electron chi connectivity index (χ4n) is 3.77. The highest BCUT2D eigenvalue weighted by atomic mass is 32.2. The molecule has 176 valence electrons. The predicted molar refractivity (Wildman–Crippen MR) is 130 cm³/mol. The van der Waals surface area contributed by atoms with Gasteiger partial charge in [-0.2, -0.15) is 0 Å². The first-order valence-electron chi connectivity index (χ1n) is 10.8. The quantitative estimate of drug-likeness (QED) is 0.483. The zero-order chi connectivity index (χ0) is 24.1. The van der Waals surface area contributed by atoms with Crippen LogP contribution < -0.4 is 14.9 Å². The van der Waals surface area contributed by atoms with Gasteiger partial charge in [-0.3, -0.25) is 9.59 Å². The van der Waals surface area contributed by atoms with Crippen molar-refractivity contribution in [3.8, 4) is 0 Å². The van der Waals surface area contributed by atoms with E-state index in [2.05, 4.69) is 10.0 Å². The van der Waals surface area contributed by atoms with Gasteiger partial charge >= 0.3 is 0 Å². The van der Waals surface area contributed by atoms with Gasteiger partial charge in [-0.15, -0.1) is 0 Å². The summed E-state index contributed by atoms with van der Waals surface area (Å²) in [6, 6.07) is 20.3. The van der Waals surface area contributed by atoms with Crippen LogP contribution in [0.5, 0.6) is 0 Å². The summed E-state index contributed by atoms with van der Waals surface area (Å²) in [5, 5.41) is 2.74. The molecule has 4 rings (SSSR count). The minimum Gasteiger partial charge on any atom is -0.383 e. The van der Waals surface area contributed by atoms with Gasteiger partial charge in [0.05, 0.1) is 11.5 Å². The number of nitrogens with one attached hydrogen (secondary N) is 2. The molecule has 2 N–H and O–H groups in total. The van der Waals surface area contributed by atoms with Gasteiger partial charge in [0.2, 0.25) is 10.0 Å². The molecule has 3 aromatic carbocycles. The predicted octanol–water partition coefficient (Wildman–Crippen LogP) is 3.07. The third-order valence-electron chi connectivity index (χ3n) is 5.53. The molecule has 3 aromatic rings. The lowest BCUT2D eigenvalue weighted by Gasteiger charge is -2.17. The van der Waals surface area contributed by atoms with Crippen LogP contribution in [0.4, 0.5) is 11.4 Å². The molecule has 0 fully saturated rings. The lowest BCUT2D eigenvalue weighted by molar-refractivity contribution is 0.0988. The highest BCUT2D eigenvalue weighted by molar-refractivity contribution is 7.89. The van der Waals surface area contributed by atoms with E-state index in [0.29, 0.717) is 17.8 Å². The maximum Gasteiger partial charge on any atom is 0.258 e. The van der Waals surface area contributed by atoms with E-state index in [4.69, 9.17) is 4.74 Å². The smallest absolute Gasteiger partial charge is 0.258 e. The number of rotatable bonds is 8. The summed E-state index contributed by atoms with van der Waals surface area (Å²) in [5.41, 5.74) is 3.29. The van der Waals surface area contributed by atoms with Gasteiger partial charge in [0.1, 0.15) is 0 Å². The Kier molecular flexibility index (Phi) is 7.06. The molecule has 0 aliphatic carbocycles. The summed E-state index contributed by atoms with van der Waals surface area (Å²) in [6.07, 6.45) is 0.826. The van der Waals surface area contributed by atoms with E-state index in [1.807, 2.05) is 24.3 Å². The minimum atomic E-state index is -3.76. The van der Waals surface area contributed by atoms with Gasteiger partial charge in [-0.1, -0.05) is 24.3 Å². The second kappa shape index (κ2) is 10.2. The molecule has 0 saturated heterocycles. The molecule has 0 saturated carbocycles. The number of hydrogen-bond acceptors (Lipinski definition) is 5. The third-order valence-corrected chi connectivity index (χ3v) is 6.99. The topological polar surface area (TPSA) is 105 Å². The number of methoxy groups -OCH3 is 1. The summed E-state index contributed by atoms with van der Waals surface area (Å²) < 4.78 is 32.1. The van der Waals surface area contributed by atoms with Crippen molar-refractivity contribution in [2.24, 2.45) is 0 Å². The maximum atomic E-state index is 13.0. The molecule has 9 heteroatoms. The summed E-state index contributed by atoms with van der Waals surface area (Å²) in [7, 11) is -2.28. The first-order valence-corrected chi connectivity index (χ1v) is 12.3. The normalized spacial score (nSPS) is 12.9. The Hall–Kier alpha value is -3.53. The number of nitrogens with zero attached hydrogens (tertiary/aromatic N) is 1. The highest BCUT2D eigenvalue weighted by Crippen LogP contribution is 2.29. The molecule has 34 heavy (non-hydrogen) atoms. The maximum absolute atomic E-state index is 13.0. The van der Waals surface area contributed by atoms with E-state index in [-0.39, 0.29) is 29.5 Å². The number of sulfonamides is 1. The average Bonchev–Trinajstić information content (AvgIpc) is 3.28. The molecule has 8 nitrogen and oxygen atoms in total. The van der Waals surface area contributed by atoms with Crippen LogP contribution in [0.1, 0.15) is 26.3 Å². The van der Waals surface area contributed by atoms with E-state index < -0.39 is 15.9 Å². The van der Waals surface area contributed by atoms with E-state index in [9.17, 15) is 18.0 Å². The molecule has 0 bridgehead atoms. The Morgan fingerprint density at radius 3 is 2.50 bits per heavy atom. The SMILES string of the molecule is COCCNS(=O)(=O)c1cccc(C(=O)Nc2ccc(C(=O)N3CCc4ccccc43)cc2)c1. The Balaban J connectivity index is 1.43. The van der Waals surface area contributed by atoms with Crippen LogP contribution in [-0.4, -0.2) is 47.0 Å². The number of carbonyl (C=O) groups is 2. The van der Waals surface area contributed by atoms with Gasteiger partial charge in [-0.05, 0) is 60.5 Å². The van der Waals surface area contributed by atoms with Crippen molar-refractivity contribution in [3.63, 3.8) is 0 Å². The first-order chi connectivity index (χ1) is 16.4. The summed E-state index contributed by atoms with van der Waals surface area (Å²) in [5.74, 6) is -0.553. The van der Waals surface area contributed by atoms with Crippen molar-refractivity contribution < 1.29 is 22.7 Å². The standard InChI is InChI=1S/C25H25N3O5S/c1-33-16-14-26-34(31,32)22-7-4-6-20(17-22)24(29)27-21-11-9-19(10-12-21)25(30)28-15-13-18-5-2-3-8-23(18)28/h2-12,17,26H,13-16H2,1H3,(H,27,29). The summed E-state index contributed by atoms with van der Waals surface area (Å²) in [4.78, 5) is 27.4. The monoisotopic (exact) mass is 479 g/mol. The van der Waals surface area contributed by atoms with E-state index in [0.717, 1.165) is 17.7 Å². The molecular weight excluding hydrogens is 454 g/mol. The molecule has 0 radical (unpaired) electrons. The van der Waals surface area contributed by atoms with Gasteiger partial charge in [-0.25, -0.2) is 13.1 Å². The lowest BCUT2D eigenvalue weighted by Crippen LogP contribution is -2.28. The molecule has 1 aliphatic rings. The van der Waals surface area contributed by atoms with E-state index in [1.54, 1.807) is 29.2 Å². The van der Waals surface area contributed by atoms with Crippen molar-refractivity contribution in [1.29, 1.82) is 0 Å². The second-order valence-corrected chi connectivity index (χ2v) is 9.55. The van der Waals surface area contributed by atoms with Crippen LogP contribution in [-0.2, 0) is 21.2 Å². The third kappa shape index (κ3) is 5.17. The molecule has 0 atom stereocenters. The highest BCUT2D eigenvalue weighted by Gasteiger charge is 2.25. The van der Waals surface area contributed by atoms with Crippen molar-refractivity contribution in [3.05, 3.63) is 89.5 Å². The number of amides is 2. The summed E-state index contributed by atoms with van der Waals surface area (Å²) in [6.45, 7) is 1.00. The minimum absolute atomic E-state index is 0.0110. The van der Waals surface area contributed by atoms with Crippen LogP contribution in [0.3, 0.4) is 0 Å². The van der Waals surface area contributed by atoms with Crippen LogP contribution in [0.15, 0.2) is 77.7 Å². The van der Waals surface area contributed by atoms with E-state index >= 15 is 0 Å². The van der Waals surface area contributed by atoms with Gasteiger partial charge in [0.25, 0.3) is 11.8 Å². The molecular formula is C25H25N3O5S. The molecule has 2 amide bonds. The molecule has 1 heterocycles. The molecule has 0 spiro atoms. The zero-order valence-corrected chi connectivity index (χ0v) is 19.5. The van der Waals surface area contributed by atoms with Crippen molar-refractivity contribution in [2.45, 2.75) is 11.3 Å². The van der Waals surface area contributed by atoms with Gasteiger partial charge < -0.3 is 15.0 Å². The Labute approximate surface area is 198 Å². The number of anilines is 2. The van der Waals surface area contributed by atoms with Gasteiger partial charge in [0.15, 0.2) is 0 Å². The zero-order valence-electron chi connectivity index (χ0n) is 18.7. The van der Waals surface area contributed by atoms with Crippen LogP contribution in [0.2, 0.25) is 0 Å². The average molecular weight is 480 g/mol. The van der Waals surface area contributed by atoms with Crippen LogP contribution in [0, 0.1) is 0 Å². The largest absolute Gasteiger partial charge is 0.383 e. The van der Waals surface area contributed by atoms with Crippen molar-refractivity contribution in [2.75, 3.05) is 37.0 Å². The van der Waals surface area contributed by atoms with Crippen molar-refractivity contribution in [1.82, 2.24) is 4.72 Å². The number of para-hydroxylation sites is 1. The van der Waals surface area contributed by atoms with Gasteiger partial charge in [0, 0.05) is 42.7 Å². The molecule has 0 unspecified atom stereocenters.